The van der Waals surface area contributed by atoms with E-state index in [1.54, 1.807) is 6.41 Å². The van der Waals surface area contributed by atoms with E-state index in [4.69, 9.17) is 23.2 Å². The standard InChI is InChI=1S/C5H3Cl2N4O/c1-11(2-12)5-9-3(6)8-4(7)10-5/h1H3. The molecule has 1 radical (unpaired) electrons. The van der Waals surface area contributed by atoms with Gasteiger partial charge >= 0.3 is 6.41 Å². The number of nitrogens with zero attached hydrogens (tertiary/aromatic N) is 4. The molecule has 63 valence electrons. The molecule has 0 aliphatic heterocycles. The predicted molar refractivity (Wildman–Crippen MR) is 43.9 cm³/mol. The zero-order valence-electron chi connectivity index (χ0n) is 5.95. The molecule has 0 N–H and O–H groups in total. The van der Waals surface area contributed by atoms with Crippen LogP contribution in [0.2, 0.25) is 10.6 Å². The molecule has 0 aliphatic carbocycles. The van der Waals surface area contributed by atoms with Gasteiger partial charge in [-0.15, -0.1) is 0 Å². The fourth-order valence-electron chi connectivity index (χ4n) is 0.507. The van der Waals surface area contributed by atoms with Gasteiger partial charge in [0.05, 0.1) is 0 Å². The maximum Gasteiger partial charge on any atom is 0.319 e. The van der Waals surface area contributed by atoms with Crippen LogP contribution in [0.3, 0.4) is 0 Å². The van der Waals surface area contributed by atoms with Gasteiger partial charge in [-0.2, -0.15) is 15.0 Å². The van der Waals surface area contributed by atoms with E-state index in [1.165, 1.54) is 7.05 Å². The highest BCUT2D eigenvalue weighted by Crippen LogP contribution is 2.10. The van der Waals surface area contributed by atoms with Gasteiger partial charge in [0.2, 0.25) is 16.5 Å². The second-order valence-corrected chi connectivity index (χ2v) is 2.50. The molecule has 1 aromatic rings. The van der Waals surface area contributed by atoms with E-state index >= 15 is 0 Å². The summed E-state index contributed by atoms with van der Waals surface area (Å²) in [6, 6.07) is 0. The van der Waals surface area contributed by atoms with Crippen molar-refractivity contribution < 1.29 is 4.79 Å². The Morgan fingerprint density at radius 2 is 1.75 bits per heavy atom. The first-order valence-electron chi connectivity index (χ1n) is 2.82. The first-order chi connectivity index (χ1) is 5.63. The molecule has 1 aromatic heterocycles. The van der Waals surface area contributed by atoms with Crippen LogP contribution < -0.4 is 4.90 Å². The first kappa shape index (κ1) is 9.15. The van der Waals surface area contributed by atoms with Gasteiger partial charge in [-0.05, 0) is 23.2 Å². The molecular weight excluding hydrogens is 203 g/mol. The Balaban J connectivity index is 3.08. The third-order valence-corrected chi connectivity index (χ3v) is 1.34. The quantitative estimate of drug-likeness (QED) is 0.667. The lowest BCUT2D eigenvalue weighted by Crippen LogP contribution is -2.17. The molecule has 1 amide bonds. The Morgan fingerprint density at radius 1 is 1.25 bits per heavy atom. The van der Waals surface area contributed by atoms with E-state index in [0.29, 0.717) is 0 Å². The van der Waals surface area contributed by atoms with Crippen LogP contribution in [0.4, 0.5) is 5.95 Å². The van der Waals surface area contributed by atoms with Crippen LogP contribution in [0.1, 0.15) is 0 Å². The lowest BCUT2D eigenvalue weighted by Gasteiger charge is -2.05. The van der Waals surface area contributed by atoms with Crippen LogP contribution >= 0.6 is 23.2 Å². The van der Waals surface area contributed by atoms with Gasteiger partial charge < -0.3 is 0 Å². The molecule has 0 atom stereocenters. The third kappa shape index (κ3) is 2.02. The molecule has 5 nitrogen and oxygen atoms in total. The normalized spacial score (nSPS) is 9.58. The second-order valence-electron chi connectivity index (χ2n) is 1.82. The SMILES string of the molecule is CN([C]=O)c1nc(Cl)nc(Cl)n1. The first-order valence-corrected chi connectivity index (χ1v) is 3.57. The van der Waals surface area contributed by atoms with Crippen molar-refractivity contribution in [1.82, 2.24) is 15.0 Å². The lowest BCUT2D eigenvalue weighted by molar-refractivity contribution is 0.553. The maximum atomic E-state index is 10.1. The van der Waals surface area contributed by atoms with E-state index in [1.807, 2.05) is 0 Å². The molecule has 0 fully saturated rings. The van der Waals surface area contributed by atoms with Crippen molar-refractivity contribution in [2.75, 3.05) is 11.9 Å². The smallest absolute Gasteiger partial charge is 0.275 e. The van der Waals surface area contributed by atoms with E-state index in [2.05, 4.69) is 15.0 Å². The zero-order chi connectivity index (χ0) is 9.14. The van der Waals surface area contributed by atoms with Crippen LogP contribution in [-0.4, -0.2) is 28.4 Å². The summed E-state index contributed by atoms with van der Waals surface area (Å²) in [4.78, 5) is 21.9. The van der Waals surface area contributed by atoms with Gasteiger partial charge in [-0.1, -0.05) is 0 Å². The van der Waals surface area contributed by atoms with Gasteiger partial charge in [-0.25, -0.2) is 0 Å². The van der Waals surface area contributed by atoms with Gasteiger partial charge in [0.1, 0.15) is 0 Å². The summed E-state index contributed by atoms with van der Waals surface area (Å²) >= 11 is 10.9. The van der Waals surface area contributed by atoms with Crippen LogP contribution in [-0.2, 0) is 4.79 Å². The van der Waals surface area contributed by atoms with Crippen LogP contribution in [0.5, 0.6) is 0 Å². The summed E-state index contributed by atoms with van der Waals surface area (Å²) in [6.07, 6.45) is 1.55. The summed E-state index contributed by atoms with van der Waals surface area (Å²) in [5.74, 6) is 0.0648. The van der Waals surface area contributed by atoms with E-state index < -0.39 is 0 Å². The number of amides is 1. The molecule has 7 heteroatoms. The van der Waals surface area contributed by atoms with Crippen molar-refractivity contribution in [3.8, 4) is 0 Å². The second kappa shape index (κ2) is 3.64. The van der Waals surface area contributed by atoms with Gasteiger partial charge in [0.25, 0.3) is 0 Å². The van der Waals surface area contributed by atoms with Crippen molar-refractivity contribution in [1.29, 1.82) is 0 Å². The third-order valence-electron chi connectivity index (χ3n) is 1.01. The molecule has 1 heterocycles. The number of hydrogen-bond donors (Lipinski definition) is 0. The van der Waals surface area contributed by atoms with Crippen molar-refractivity contribution in [2.24, 2.45) is 0 Å². The lowest BCUT2D eigenvalue weighted by atomic mass is 10.8. The number of halogens is 2. The van der Waals surface area contributed by atoms with Gasteiger partial charge in [0.15, 0.2) is 0 Å². The molecule has 0 spiro atoms. The van der Waals surface area contributed by atoms with Crippen molar-refractivity contribution >= 4 is 35.6 Å². The molecular formula is C5H3Cl2N4O. The number of anilines is 1. The molecule has 0 saturated heterocycles. The van der Waals surface area contributed by atoms with E-state index in [0.717, 1.165) is 4.90 Å². The summed E-state index contributed by atoms with van der Waals surface area (Å²) in [6.45, 7) is 0. The molecule has 0 saturated carbocycles. The molecule has 12 heavy (non-hydrogen) atoms. The molecule has 0 unspecified atom stereocenters. The predicted octanol–water partition coefficient (Wildman–Crippen LogP) is 0.682. The number of aromatic nitrogens is 3. The van der Waals surface area contributed by atoms with Crippen LogP contribution in [0.25, 0.3) is 0 Å². The van der Waals surface area contributed by atoms with Crippen LogP contribution in [0, 0.1) is 0 Å². The molecule has 0 aliphatic rings. The number of hydrogen-bond acceptors (Lipinski definition) is 4. The Kier molecular flexibility index (Phi) is 2.78. The summed E-state index contributed by atoms with van der Waals surface area (Å²) < 4.78 is 0. The van der Waals surface area contributed by atoms with Gasteiger partial charge in [-0.3, -0.25) is 9.69 Å². The summed E-state index contributed by atoms with van der Waals surface area (Å²) in [5, 5.41) is -0.126. The number of carbonyl (C=O) groups excluding carboxylic acids is 1. The fraction of sp³-hybridized carbons (Fsp3) is 0.200. The minimum Gasteiger partial charge on any atom is -0.275 e. The Morgan fingerprint density at radius 3 is 2.17 bits per heavy atom. The molecule has 0 aromatic carbocycles. The molecule has 1 rings (SSSR count). The van der Waals surface area contributed by atoms with E-state index in [-0.39, 0.29) is 16.5 Å². The fourth-order valence-corrected chi connectivity index (χ4v) is 0.862. The highest BCUT2D eigenvalue weighted by Gasteiger charge is 2.07. The maximum absolute atomic E-state index is 10.1. The largest absolute Gasteiger partial charge is 0.319 e. The topological polar surface area (TPSA) is 59.0 Å². The summed E-state index contributed by atoms with van der Waals surface area (Å²) in [7, 11) is 1.43. The van der Waals surface area contributed by atoms with Crippen molar-refractivity contribution in [3.05, 3.63) is 10.6 Å². The Labute approximate surface area is 78.3 Å². The van der Waals surface area contributed by atoms with Crippen molar-refractivity contribution in [3.63, 3.8) is 0 Å². The highest BCUT2D eigenvalue weighted by atomic mass is 35.5. The zero-order valence-corrected chi connectivity index (χ0v) is 7.46. The Bertz CT molecular complexity index is 285. The molecule has 0 bridgehead atoms. The van der Waals surface area contributed by atoms with Crippen molar-refractivity contribution in [2.45, 2.75) is 0 Å². The summed E-state index contributed by atoms with van der Waals surface area (Å²) in [5.41, 5.74) is 0. The Hall–Kier alpha value is -0.940. The minimum absolute atomic E-state index is 0.0629. The average Bonchev–Trinajstić information content (AvgIpc) is 2.01. The van der Waals surface area contributed by atoms with Gasteiger partial charge in [0, 0.05) is 7.05 Å². The number of rotatable bonds is 2. The van der Waals surface area contributed by atoms with E-state index in [9.17, 15) is 4.79 Å². The average molecular weight is 206 g/mol. The minimum atomic E-state index is -0.0629. The highest BCUT2D eigenvalue weighted by molar-refractivity contribution is 6.31. The van der Waals surface area contributed by atoms with Crippen LogP contribution in [0.15, 0.2) is 0 Å². The monoisotopic (exact) mass is 205 g/mol.